The van der Waals surface area contributed by atoms with E-state index in [4.69, 9.17) is 0 Å². The van der Waals surface area contributed by atoms with E-state index in [1.165, 1.54) is 5.56 Å². The Bertz CT molecular complexity index is 483. The van der Waals surface area contributed by atoms with E-state index >= 15 is 0 Å². The number of hydrogen-bond acceptors (Lipinski definition) is 1. The monoisotopic (exact) mass is 226 g/mol. The fourth-order valence-corrected chi connectivity index (χ4v) is 2.01. The highest BCUT2D eigenvalue weighted by molar-refractivity contribution is 5.69. The minimum atomic E-state index is 0.337. The average Bonchev–Trinajstić information content (AvgIpc) is 2.30. The molecule has 88 valence electrons. The van der Waals surface area contributed by atoms with Gasteiger partial charge in [0, 0.05) is 5.56 Å². The van der Waals surface area contributed by atoms with E-state index < -0.39 is 0 Å². The quantitative estimate of drug-likeness (QED) is 0.829. The third kappa shape index (κ3) is 2.88. The molecule has 2 aromatic carbocycles. The third-order valence-corrected chi connectivity index (χ3v) is 2.81. The summed E-state index contributed by atoms with van der Waals surface area (Å²) in [7, 11) is 0. The van der Waals surface area contributed by atoms with Gasteiger partial charge in [0.2, 0.25) is 0 Å². The minimum Gasteiger partial charge on any atom is -0.507 e. The molecule has 1 nitrogen and oxygen atoms in total. The van der Waals surface area contributed by atoms with Crippen LogP contribution in [-0.4, -0.2) is 5.11 Å². The highest BCUT2D eigenvalue weighted by Gasteiger charge is 2.03. The van der Waals surface area contributed by atoms with E-state index in [1.54, 1.807) is 6.07 Å². The van der Waals surface area contributed by atoms with E-state index in [-0.39, 0.29) is 0 Å². The molecular weight excluding hydrogens is 208 g/mol. The molecule has 0 bridgehead atoms. The van der Waals surface area contributed by atoms with Gasteiger partial charge in [0.05, 0.1) is 0 Å². The molecule has 0 radical (unpaired) electrons. The normalized spacial score (nSPS) is 10.8. The van der Waals surface area contributed by atoms with Crippen molar-refractivity contribution in [1.29, 1.82) is 0 Å². The first-order valence-electron chi connectivity index (χ1n) is 6.04. The zero-order valence-corrected chi connectivity index (χ0v) is 10.4. The number of rotatable bonds is 3. The molecule has 0 amide bonds. The van der Waals surface area contributed by atoms with Crippen LogP contribution in [0.4, 0.5) is 0 Å². The molecule has 2 aromatic rings. The first-order chi connectivity index (χ1) is 8.16. The highest BCUT2D eigenvalue weighted by Crippen LogP contribution is 2.28. The summed E-state index contributed by atoms with van der Waals surface area (Å²) in [6.07, 6.45) is 1.10. The molecule has 0 saturated carbocycles. The van der Waals surface area contributed by atoms with Crippen molar-refractivity contribution in [1.82, 2.24) is 0 Å². The summed E-state index contributed by atoms with van der Waals surface area (Å²) in [6.45, 7) is 4.44. The molecule has 0 atom stereocenters. The summed E-state index contributed by atoms with van der Waals surface area (Å²) in [5.74, 6) is 1.01. The van der Waals surface area contributed by atoms with Crippen LogP contribution >= 0.6 is 0 Å². The molecule has 0 spiro atoms. The summed E-state index contributed by atoms with van der Waals surface area (Å²) in [5, 5.41) is 9.78. The van der Waals surface area contributed by atoms with Gasteiger partial charge in [0.1, 0.15) is 5.75 Å². The second kappa shape index (κ2) is 5.05. The van der Waals surface area contributed by atoms with Gasteiger partial charge in [-0.2, -0.15) is 0 Å². The van der Waals surface area contributed by atoms with Crippen molar-refractivity contribution in [3.05, 3.63) is 54.1 Å². The summed E-state index contributed by atoms with van der Waals surface area (Å²) in [6, 6.07) is 15.9. The smallest absolute Gasteiger partial charge is 0.123 e. The second-order valence-corrected chi connectivity index (χ2v) is 4.81. The van der Waals surface area contributed by atoms with Crippen LogP contribution in [0, 0.1) is 5.92 Å². The Morgan fingerprint density at radius 2 is 1.59 bits per heavy atom. The Morgan fingerprint density at radius 1 is 0.941 bits per heavy atom. The lowest BCUT2D eigenvalue weighted by molar-refractivity contribution is 0.477. The van der Waals surface area contributed by atoms with Crippen LogP contribution in [-0.2, 0) is 6.42 Å². The molecule has 17 heavy (non-hydrogen) atoms. The Kier molecular flexibility index (Phi) is 3.48. The molecule has 0 aromatic heterocycles. The number of benzene rings is 2. The van der Waals surface area contributed by atoms with Gasteiger partial charge < -0.3 is 5.11 Å². The zero-order valence-electron chi connectivity index (χ0n) is 10.4. The number of hydrogen-bond donors (Lipinski definition) is 1. The average molecular weight is 226 g/mol. The third-order valence-electron chi connectivity index (χ3n) is 2.81. The Hall–Kier alpha value is -1.76. The van der Waals surface area contributed by atoms with Gasteiger partial charge in [-0.05, 0) is 29.5 Å². The predicted octanol–water partition coefficient (Wildman–Crippen LogP) is 4.26. The lowest BCUT2D eigenvalue weighted by atomic mass is 9.99. The number of para-hydroxylation sites is 1. The molecule has 0 aliphatic carbocycles. The van der Waals surface area contributed by atoms with Crippen molar-refractivity contribution in [2.75, 3.05) is 0 Å². The summed E-state index contributed by atoms with van der Waals surface area (Å²) < 4.78 is 0. The van der Waals surface area contributed by atoms with Crippen LogP contribution in [0.2, 0.25) is 0 Å². The number of phenolic OH excluding ortho intramolecular Hbond substituents is 1. The number of aromatic hydroxyl groups is 1. The topological polar surface area (TPSA) is 20.2 Å². The van der Waals surface area contributed by atoms with Crippen LogP contribution in [0.1, 0.15) is 19.4 Å². The maximum absolute atomic E-state index is 9.78. The van der Waals surface area contributed by atoms with Gasteiger partial charge in [-0.3, -0.25) is 0 Å². The van der Waals surface area contributed by atoms with Crippen LogP contribution in [0.5, 0.6) is 5.75 Å². The zero-order chi connectivity index (χ0) is 12.3. The summed E-state index contributed by atoms with van der Waals surface area (Å²) >= 11 is 0. The SMILES string of the molecule is CC(C)Cc1ccc(-c2ccccc2O)cc1. The van der Waals surface area contributed by atoms with E-state index in [9.17, 15) is 5.11 Å². The van der Waals surface area contributed by atoms with E-state index in [1.807, 2.05) is 18.2 Å². The standard InChI is InChI=1S/C16H18O/c1-12(2)11-13-7-9-14(10-8-13)15-5-3-4-6-16(15)17/h3-10,12,17H,11H2,1-2H3. The van der Waals surface area contributed by atoms with Crippen LogP contribution in [0.15, 0.2) is 48.5 Å². The highest BCUT2D eigenvalue weighted by atomic mass is 16.3. The minimum absolute atomic E-state index is 0.337. The Morgan fingerprint density at radius 3 is 2.18 bits per heavy atom. The van der Waals surface area contributed by atoms with Gasteiger partial charge in [-0.1, -0.05) is 56.3 Å². The Labute approximate surface area is 103 Å². The maximum Gasteiger partial charge on any atom is 0.123 e. The molecular formula is C16H18O. The molecule has 0 aliphatic heterocycles. The molecule has 1 N–H and O–H groups in total. The first-order valence-corrected chi connectivity index (χ1v) is 6.04. The van der Waals surface area contributed by atoms with Gasteiger partial charge in [-0.25, -0.2) is 0 Å². The molecule has 1 heteroatoms. The fourth-order valence-electron chi connectivity index (χ4n) is 2.01. The van der Waals surface area contributed by atoms with Gasteiger partial charge in [0.25, 0.3) is 0 Å². The molecule has 2 rings (SSSR count). The lowest BCUT2D eigenvalue weighted by Gasteiger charge is -2.07. The van der Waals surface area contributed by atoms with Crippen molar-refractivity contribution in [2.45, 2.75) is 20.3 Å². The molecule has 0 saturated heterocycles. The first kappa shape index (κ1) is 11.7. The lowest BCUT2D eigenvalue weighted by Crippen LogP contribution is -1.93. The predicted molar refractivity (Wildman–Crippen MR) is 72.1 cm³/mol. The van der Waals surface area contributed by atoms with E-state index in [2.05, 4.69) is 38.1 Å². The summed E-state index contributed by atoms with van der Waals surface area (Å²) in [4.78, 5) is 0. The van der Waals surface area contributed by atoms with Crippen LogP contribution < -0.4 is 0 Å². The molecule has 0 aliphatic rings. The van der Waals surface area contributed by atoms with Crippen molar-refractivity contribution < 1.29 is 5.11 Å². The second-order valence-electron chi connectivity index (χ2n) is 4.81. The van der Waals surface area contributed by atoms with Gasteiger partial charge >= 0.3 is 0 Å². The Balaban J connectivity index is 2.27. The van der Waals surface area contributed by atoms with Crippen LogP contribution in [0.25, 0.3) is 11.1 Å². The fraction of sp³-hybridized carbons (Fsp3) is 0.250. The molecule has 0 fully saturated rings. The van der Waals surface area contributed by atoms with Crippen molar-refractivity contribution >= 4 is 0 Å². The largest absolute Gasteiger partial charge is 0.507 e. The van der Waals surface area contributed by atoms with Crippen molar-refractivity contribution in [3.8, 4) is 16.9 Å². The van der Waals surface area contributed by atoms with Gasteiger partial charge in [0.15, 0.2) is 0 Å². The molecule has 0 heterocycles. The maximum atomic E-state index is 9.78. The molecule has 0 unspecified atom stereocenters. The van der Waals surface area contributed by atoms with E-state index in [0.717, 1.165) is 17.5 Å². The number of phenols is 1. The summed E-state index contributed by atoms with van der Waals surface area (Å²) in [5.41, 5.74) is 3.30. The van der Waals surface area contributed by atoms with Crippen molar-refractivity contribution in [3.63, 3.8) is 0 Å². The van der Waals surface area contributed by atoms with Gasteiger partial charge in [-0.15, -0.1) is 0 Å². The van der Waals surface area contributed by atoms with Crippen molar-refractivity contribution in [2.24, 2.45) is 5.92 Å². The van der Waals surface area contributed by atoms with E-state index in [0.29, 0.717) is 11.7 Å². The van der Waals surface area contributed by atoms with Crippen LogP contribution in [0.3, 0.4) is 0 Å².